The second kappa shape index (κ2) is 10.2. The molecule has 1 N–H and O–H groups in total. The minimum atomic E-state index is -1.60. The highest BCUT2D eigenvalue weighted by molar-refractivity contribution is 6.89. The van der Waals surface area contributed by atoms with Crippen LogP contribution in [0.2, 0.25) is 19.6 Å². The van der Waals surface area contributed by atoms with Crippen molar-refractivity contribution in [3.8, 4) is 28.0 Å². The average Bonchev–Trinajstić information content (AvgIpc) is 3.37. The highest BCUT2D eigenvalue weighted by Crippen LogP contribution is 2.36. The molecule has 0 aromatic heterocycles. The van der Waals surface area contributed by atoms with Gasteiger partial charge in [-0.1, -0.05) is 62.1 Å². The molecule has 1 saturated heterocycles. The highest BCUT2D eigenvalue weighted by atomic mass is 28.3. The van der Waals surface area contributed by atoms with Crippen LogP contribution in [0.15, 0.2) is 60.7 Å². The van der Waals surface area contributed by atoms with Crippen molar-refractivity contribution in [2.75, 3.05) is 31.2 Å². The van der Waals surface area contributed by atoms with Crippen LogP contribution in [0.1, 0.15) is 30.1 Å². The molecule has 3 aromatic carbocycles. The molecule has 5 heteroatoms. The number of carbonyl (C=O) groups is 1. The zero-order valence-electron chi connectivity index (χ0n) is 20.7. The average molecular weight is 474 g/mol. The van der Waals surface area contributed by atoms with Gasteiger partial charge in [-0.25, -0.2) is 0 Å². The molecule has 34 heavy (non-hydrogen) atoms. The van der Waals surface area contributed by atoms with Crippen LogP contribution in [0, 0.1) is 0 Å². The number of carbonyl (C=O) groups excluding carboxylic acids is 1. The Hall–Kier alpha value is -2.89. The van der Waals surface area contributed by atoms with Crippen molar-refractivity contribution in [2.24, 2.45) is 0 Å². The largest absolute Gasteiger partial charge is 0.491 e. The van der Waals surface area contributed by atoms with Crippen molar-refractivity contribution in [3.63, 3.8) is 0 Å². The molecule has 1 aliphatic heterocycles. The van der Waals surface area contributed by atoms with Gasteiger partial charge < -0.3 is 14.7 Å². The number of ether oxygens (including phenoxy) is 1. The van der Waals surface area contributed by atoms with E-state index in [0.717, 1.165) is 41.1 Å². The van der Waals surface area contributed by atoms with E-state index < -0.39 is 8.07 Å². The summed E-state index contributed by atoms with van der Waals surface area (Å²) in [5, 5.41) is 10.8. The molecule has 178 valence electrons. The summed E-state index contributed by atoms with van der Waals surface area (Å²) in [7, 11) is -1.60. The highest BCUT2D eigenvalue weighted by Gasteiger charge is 2.25. The minimum Gasteiger partial charge on any atom is -0.491 e. The Morgan fingerprint density at radius 2 is 1.56 bits per heavy atom. The van der Waals surface area contributed by atoms with Gasteiger partial charge in [0.15, 0.2) is 5.78 Å². The molecule has 1 fully saturated rings. The summed E-state index contributed by atoms with van der Waals surface area (Å²) in [5.74, 6) is 0.838. The maximum absolute atomic E-state index is 11.7. The van der Waals surface area contributed by atoms with Crippen LogP contribution in [0.5, 0.6) is 5.75 Å². The Bertz CT molecular complexity index is 1160. The molecule has 4 nitrogen and oxygen atoms in total. The first kappa shape index (κ1) is 24.2. The fraction of sp³-hybridized carbons (Fsp3) is 0.345. The molecular weight excluding hydrogens is 438 g/mol. The van der Waals surface area contributed by atoms with E-state index in [1.54, 1.807) is 6.92 Å². The standard InChI is InChI=1S/C29H35NO3Si/c1-21(32)22-7-9-23(10-8-22)24-12-14-28(33-18-17-31)26(19-24)25-11-13-27(30-15-5-6-16-30)29(20-25)34(2,3)4/h7-14,19-20,31H,5-6,15-18H2,1-4H3. The Balaban J connectivity index is 1.80. The molecule has 3 aromatic rings. The van der Waals surface area contributed by atoms with Crippen LogP contribution in [-0.4, -0.2) is 45.3 Å². The fourth-order valence-corrected chi connectivity index (χ4v) is 6.25. The van der Waals surface area contributed by atoms with E-state index in [1.165, 1.54) is 23.7 Å². The first-order valence-corrected chi connectivity index (χ1v) is 15.7. The van der Waals surface area contributed by atoms with Gasteiger partial charge in [0, 0.05) is 29.9 Å². The van der Waals surface area contributed by atoms with Crippen molar-refractivity contribution in [1.82, 2.24) is 0 Å². The topological polar surface area (TPSA) is 49.8 Å². The number of hydrogen-bond acceptors (Lipinski definition) is 4. The van der Waals surface area contributed by atoms with Crippen molar-refractivity contribution >= 4 is 24.7 Å². The van der Waals surface area contributed by atoms with Gasteiger partial charge >= 0.3 is 0 Å². The van der Waals surface area contributed by atoms with E-state index in [1.807, 2.05) is 36.4 Å². The van der Waals surface area contributed by atoms with E-state index in [4.69, 9.17) is 4.74 Å². The molecular formula is C29H35NO3Si. The van der Waals surface area contributed by atoms with Crippen LogP contribution >= 0.6 is 0 Å². The molecule has 0 amide bonds. The van der Waals surface area contributed by atoms with Crippen molar-refractivity contribution in [3.05, 3.63) is 66.2 Å². The Kier molecular flexibility index (Phi) is 7.24. The molecule has 0 aliphatic carbocycles. The molecule has 0 atom stereocenters. The number of Topliss-reactive ketones (excluding diaryl/α,β-unsaturated/α-hetero) is 1. The lowest BCUT2D eigenvalue weighted by Crippen LogP contribution is -2.41. The van der Waals surface area contributed by atoms with E-state index in [0.29, 0.717) is 5.56 Å². The summed E-state index contributed by atoms with van der Waals surface area (Å²) in [6, 6.07) is 20.8. The Labute approximate surface area is 204 Å². The quantitative estimate of drug-likeness (QED) is 0.335. The normalized spacial score (nSPS) is 13.9. The van der Waals surface area contributed by atoms with Gasteiger partial charge in [0.2, 0.25) is 0 Å². The summed E-state index contributed by atoms with van der Waals surface area (Å²) >= 11 is 0. The monoisotopic (exact) mass is 473 g/mol. The number of benzene rings is 3. The molecule has 1 aliphatic rings. The zero-order chi connectivity index (χ0) is 24.3. The van der Waals surface area contributed by atoms with Crippen LogP contribution < -0.4 is 14.8 Å². The number of aliphatic hydroxyl groups excluding tert-OH is 1. The van der Waals surface area contributed by atoms with Crippen LogP contribution in [-0.2, 0) is 0 Å². The van der Waals surface area contributed by atoms with Gasteiger partial charge in [0.05, 0.1) is 14.7 Å². The first-order valence-electron chi connectivity index (χ1n) is 12.2. The van der Waals surface area contributed by atoms with Gasteiger partial charge in [-0.2, -0.15) is 0 Å². The second-order valence-electron chi connectivity index (χ2n) is 10.1. The number of anilines is 1. The van der Waals surface area contributed by atoms with Crippen molar-refractivity contribution in [1.29, 1.82) is 0 Å². The first-order chi connectivity index (χ1) is 16.3. The summed E-state index contributed by atoms with van der Waals surface area (Å²) in [4.78, 5) is 14.2. The number of hydrogen-bond donors (Lipinski definition) is 1. The van der Waals surface area contributed by atoms with Gasteiger partial charge in [0.1, 0.15) is 12.4 Å². The van der Waals surface area contributed by atoms with E-state index in [9.17, 15) is 9.90 Å². The second-order valence-corrected chi connectivity index (χ2v) is 15.1. The predicted molar refractivity (Wildman–Crippen MR) is 144 cm³/mol. The van der Waals surface area contributed by atoms with Crippen LogP contribution in [0.25, 0.3) is 22.3 Å². The lowest BCUT2D eigenvalue weighted by Gasteiger charge is -2.28. The lowest BCUT2D eigenvalue weighted by atomic mass is 9.97. The fourth-order valence-electron chi connectivity index (χ4n) is 4.65. The van der Waals surface area contributed by atoms with Crippen LogP contribution in [0.3, 0.4) is 0 Å². The predicted octanol–water partition coefficient (Wildman–Crippen LogP) is 5.74. The van der Waals surface area contributed by atoms with E-state index >= 15 is 0 Å². The minimum absolute atomic E-state index is 0.0260. The summed E-state index contributed by atoms with van der Waals surface area (Å²) in [6.45, 7) is 11.3. The van der Waals surface area contributed by atoms with Gasteiger partial charge in [-0.15, -0.1) is 0 Å². The third-order valence-electron chi connectivity index (χ3n) is 6.52. The Morgan fingerprint density at radius 3 is 2.18 bits per heavy atom. The smallest absolute Gasteiger partial charge is 0.159 e. The molecule has 0 spiro atoms. The maximum Gasteiger partial charge on any atom is 0.159 e. The van der Waals surface area contributed by atoms with Crippen LogP contribution in [0.4, 0.5) is 5.69 Å². The third kappa shape index (κ3) is 5.26. The van der Waals surface area contributed by atoms with Gasteiger partial charge in [-0.3, -0.25) is 4.79 Å². The summed E-state index contributed by atoms with van der Waals surface area (Å²) in [5.41, 5.74) is 6.38. The molecule has 0 unspecified atom stereocenters. The van der Waals surface area contributed by atoms with Gasteiger partial charge in [-0.05, 0) is 59.8 Å². The van der Waals surface area contributed by atoms with E-state index in [-0.39, 0.29) is 19.0 Å². The SMILES string of the molecule is CC(=O)c1ccc(-c2ccc(OCCO)c(-c3ccc(N4CCCC4)c([Si](C)(C)C)c3)c2)cc1. The third-order valence-corrected chi connectivity index (χ3v) is 8.53. The molecule has 0 saturated carbocycles. The van der Waals surface area contributed by atoms with Crippen molar-refractivity contribution in [2.45, 2.75) is 39.4 Å². The zero-order valence-corrected chi connectivity index (χ0v) is 21.7. The molecule has 4 rings (SSSR count). The number of ketones is 1. The summed E-state index contributed by atoms with van der Waals surface area (Å²) < 4.78 is 5.94. The van der Waals surface area contributed by atoms with Gasteiger partial charge in [0.25, 0.3) is 0 Å². The van der Waals surface area contributed by atoms with Crippen molar-refractivity contribution < 1.29 is 14.6 Å². The molecule has 0 bridgehead atoms. The van der Waals surface area contributed by atoms with E-state index in [2.05, 4.69) is 48.8 Å². The molecule has 0 radical (unpaired) electrons. The number of aliphatic hydroxyl groups is 1. The number of rotatable bonds is 8. The molecule has 1 heterocycles. The summed E-state index contributed by atoms with van der Waals surface area (Å²) in [6.07, 6.45) is 2.52. The maximum atomic E-state index is 11.7. The number of nitrogens with zero attached hydrogens (tertiary/aromatic N) is 1. The Morgan fingerprint density at radius 1 is 0.912 bits per heavy atom. The lowest BCUT2D eigenvalue weighted by molar-refractivity contribution is 0.101.